The van der Waals surface area contributed by atoms with Gasteiger partial charge in [-0.1, -0.05) is 22.9 Å². The summed E-state index contributed by atoms with van der Waals surface area (Å²) in [5.41, 5.74) is 0.248. The van der Waals surface area contributed by atoms with Crippen molar-refractivity contribution in [1.82, 2.24) is 9.88 Å². The predicted octanol–water partition coefficient (Wildman–Crippen LogP) is 2.15. The van der Waals surface area contributed by atoms with E-state index < -0.39 is 0 Å². The minimum absolute atomic E-state index is 0.0308. The fraction of sp³-hybridized carbons (Fsp3) is 0.538. The summed E-state index contributed by atoms with van der Waals surface area (Å²) in [7, 11) is 0. The number of hydrogen-bond donors (Lipinski definition) is 1. The monoisotopic (exact) mass is 312 g/mol. The lowest BCUT2D eigenvalue weighted by atomic mass is 10.1. The van der Waals surface area contributed by atoms with Crippen molar-refractivity contribution in [3.05, 3.63) is 34.2 Å². The number of alkyl halides is 1. The molecular weight excluding hydrogens is 296 g/mol. The highest BCUT2D eigenvalue weighted by atomic mass is 79.9. The molecule has 98 valence electrons. The molecule has 1 saturated heterocycles. The van der Waals surface area contributed by atoms with E-state index in [1.54, 1.807) is 6.07 Å². The topological polar surface area (TPSA) is 53.2 Å². The molecule has 1 aromatic heterocycles. The van der Waals surface area contributed by atoms with Crippen LogP contribution < -0.4 is 5.56 Å². The Hall–Kier alpha value is -1.10. The number of amides is 1. The maximum absolute atomic E-state index is 12.3. The van der Waals surface area contributed by atoms with Crippen LogP contribution in [0.1, 0.15) is 36.5 Å². The lowest BCUT2D eigenvalue weighted by molar-refractivity contribution is 0.0731. The van der Waals surface area contributed by atoms with Crippen molar-refractivity contribution in [1.29, 1.82) is 0 Å². The van der Waals surface area contributed by atoms with Crippen molar-refractivity contribution in [3.63, 3.8) is 0 Å². The highest BCUT2D eigenvalue weighted by Gasteiger charge is 2.29. The molecule has 0 spiro atoms. The average Bonchev–Trinajstić information content (AvgIpc) is 2.75. The van der Waals surface area contributed by atoms with E-state index in [-0.39, 0.29) is 17.5 Å². The number of nitrogens with one attached hydrogen (secondary N) is 1. The van der Waals surface area contributed by atoms with Gasteiger partial charge in [0, 0.05) is 35.2 Å². The van der Waals surface area contributed by atoms with Crippen molar-refractivity contribution in [2.45, 2.75) is 37.1 Å². The molecule has 1 aromatic rings. The Balaban J connectivity index is 2.15. The number of aromatic nitrogens is 1. The quantitative estimate of drug-likeness (QED) is 0.870. The van der Waals surface area contributed by atoms with Crippen LogP contribution in [0.25, 0.3) is 0 Å². The highest BCUT2D eigenvalue weighted by molar-refractivity contribution is 9.09. The number of nitrogens with zero attached hydrogens (tertiary/aromatic N) is 1. The first-order valence-electron chi connectivity index (χ1n) is 6.21. The summed E-state index contributed by atoms with van der Waals surface area (Å²) in [5.74, 6) is -0.0308. The molecule has 1 aliphatic heterocycles. The zero-order valence-electron chi connectivity index (χ0n) is 10.4. The van der Waals surface area contributed by atoms with Crippen LogP contribution >= 0.6 is 15.9 Å². The Kier molecular flexibility index (Phi) is 4.22. The van der Waals surface area contributed by atoms with Gasteiger partial charge in [0.25, 0.3) is 5.91 Å². The normalized spacial score (nSPS) is 21.0. The molecule has 2 unspecified atom stereocenters. The summed E-state index contributed by atoms with van der Waals surface area (Å²) in [4.78, 5) is 28.4. The predicted molar refractivity (Wildman–Crippen MR) is 74.1 cm³/mol. The van der Waals surface area contributed by atoms with Crippen LogP contribution in [0.15, 0.2) is 23.1 Å². The largest absolute Gasteiger partial charge is 0.336 e. The molecule has 1 N–H and O–H groups in total. The van der Waals surface area contributed by atoms with E-state index in [9.17, 15) is 9.59 Å². The van der Waals surface area contributed by atoms with E-state index in [2.05, 4.69) is 27.8 Å². The van der Waals surface area contributed by atoms with E-state index in [4.69, 9.17) is 0 Å². The average molecular weight is 313 g/mol. The van der Waals surface area contributed by atoms with Gasteiger partial charge in [0.15, 0.2) is 0 Å². The zero-order chi connectivity index (χ0) is 13.1. The van der Waals surface area contributed by atoms with Crippen LogP contribution in [0.3, 0.4) is 0 Å². The van der Waals surface area contributed by atoms with E-state index >= 15 is 0 Å². The van der Waals surface area contributed by atoms with Gasteiger partial charge >= 0.3 is 0 Å². The minimum atomic E-state index is -0.231. The van der Waals surface area contributed by atoms with Crippen LogP contribution in [-0.4, -0.2) is 33.2 Å². The fourth-order valence-electron chi connectivity index (χ4n) is 2.47. The number of carbonyl (C=O) groups is 1. The van der Waals surface area contributed by atoms with Gasteiger partial charge in [0.05, 0.1) is 0 Å². The number of pyridine rings is 1. The number of halogens is 1. The molecule has 4 nitrogen and oxygen atoms in total. The molecule has 0 saturated carbocycles. The van der Waals surface area contributed by atoms with Crippen LogP contribution in [0.4, 0.5) is 0 Å². The molecule has 0 aromatic carbocycles. The second kappa shape index (κ2) is 5.69. The van der Waals surface area contributed by atoms with Crippen LogP contribution in [0, 0.1) is 0 Å². The van der Waals surface area contributed by atoms with Crippen molar-refractivity contribution >= 4 is 21.8 Å². The summed E-state index contributed by atoms with van der Waals surface area (Å²) in [5, 5.41) is 0. The van der Waals surface area contributed by atoms with Crippen molar-refractivity contribution < 1.29 is 4.79 Å². The van der Waals surface area contributed by atoms with Crippen LogP contribution in [0.5, 0.6) is 0 Å². The smallest absolute Gasteiger partial charge is 0.254 e. The molecular formula is C13H17BrN2O2. The summed E-state index contributed by atoms with van der Waals surface area (Å²) < 4.78 is 0. The maximum Gasteiger partial charge on any atom is 0.254 e. The summed E-state index contributed by atoms with van der Waals surface area (Å²) >= 11 is 3.54. The maximum atomic E-state index is 12.3. The molecule has 0 aliphatic carbocycles. The molecule has 2 atom stereocenters. The second-order valence-electron chi connectivity index (χ2n) is 4.75. The van der Waals surface area contributed by atoms with Gasteiger partial charge in [0.1, 0.15) is 0 Å². The first-order valence-corrected chi connectivity index (χ1v) is 7.13. The van der Waals surface area contributed by atoms with Crippen LogP contribution in [0.2, 0.25) is 0 Å². The molecule has 1 aliphatic rings. The van der Waals surface area contributed by atoms with E-state index in [1.807, 2.05) is 4.90 Å². The summed E-state index contributed by atoms with van der Waals surface area (Å²) in [6.07, 6.45) is 4.56. The number of carbonyl (C=O) groups excluding carboxylic acids is 1. The third-order valence-electron chi connectivity index (χ3n) is 3.26. The Bertz CT molecular complexity index is 484. The number of likely N-dealkylation sites (tertiary alicyclic amines) is 1. The zero-order valence-corrected chi connectivity index (χ0v) is 11.9. The van der Waals surface area contributed by atoms with Gasteiger partial charge in [-0.05, 0) is 25.3 Å². The first-order chi connectivity index (χ1) is 8.58. The Morgan fingerprint density at radius 2 is 2.44 bits per heavy atom. The first kappa shape index (κ1) is 13.3. The number of hydrogen-bond acceptors (Lipinski definition) is 2. The SMILES string of the molecule is CC(Br)CC1CCCN1C(=O)c1cc[nH]c(=O)c1. The molecule has 0 radical (unpaired) electrons. The molecule has 1 amide bonds. The van der Waals surface area contributed by atoms with Gasteiger partial charge in [-0.25, -0.2) is 0 Å². The number of aromatic amines is 1. The standard InChI is InChI=1S/C13H17BrN2O2/c1-9(14)7-11-3-2-6-16(11)13(18)10-4-5-15-12(17)8-10/h4-5,8-9,11H,2-3,6-7H2,1H3,(H,15,17). The third kappa shape index (κ3) is 3.02. The van der Waals surface area contributed by atoms with Gasteiger partial charge in [-0.3, -0.25) is 9.59 Å². The highest BCUT2D eigenvalue weighted by Crippen LogP contribution is 2.25. The Morgan fingerprint density at radius 3 is 3.11 bits per heavy atom. The fourth-order valence-corrected chi connectivity index (χ4v) is 2.90. The van der Waals surface area contributed by atoms with Crippen molar-refractivity contribution in [3.8, 4) is 0 Å². The number of rotatable bonds is 3. The van der Waals surface area contributed by atoms with Crippen molar-refractivity contribution in [2.24, 2.45) is 0 Å². The van der Waals surface area contributed by atoms with E-state index in [0.717, 1.165) is 25.8 Å². The molecule has 5 heteroatoms. The minimum Gasteiger partial charge on any atom is -0.336 e. The molecule has 0 bridgehead atoms. The summed E-state index contributed by atoms with van der Waals surface area (Å²) in [6.45, 7) is 2.88. The molecule has 18 heavy (non-hydrogen) atoms. The van der Waals surface area contributed by atoms with E-state index in [1.165, 1.54) is 12.3 Å². The van der Waals surface area contributed by atoms with Gasteiger partial charge < -0.3 is 9.88 Å². The number of H-pyrrole nitrogens is 1. The lowest BCUT2D eigenvalue weighted by Crippen LogP contribution is -2.37. The third-order valence-corrected chi connectivity index (χ3v) is 3.63. The Morgan fingerprint density at radius 1 is 1.67 bits per heavy atom. The van der Waals surface area contributed by atoms with Crippen LogP contribution in [-0.2, 0) is 0 Å². The summed E-state index contributed by atoms with van der Waals surface area (Å²) in [6, 6.07) is 3.32. The molecule has 2 rings (SSSR count). The van der Waals surface area contributed by atoms with Gasteiger partial charge in [0.2, 0.25) is 5.56 Å². The van der Waals surface area contributed by atoms with Gasteiger partial charge in [-0.2, -0.15) is 0 Å². The molecule has 1 fully saturated rings. The van der Waals surface area contributed by atoms with Gasteiger partial charge in [-0.15, -0.1) is 0 Å². The van der Waals surface area contributed by atoms with E-state index in [0.29, 0.717) is 10.4 Å². The second-order valence-corrected chi connectivity index (χ2v) is 6.32. The Labute approximate surface area is 115 Å². The van der Waals surface area contributed by atoms with Crippen molar-refractivity contribution in [2.75, 3.05) is 6.54 Å². The molecule has 2 heterocycles. The lowest BCUT2D eigenvalue weighted by Gasteiger charge is -2.25.